The lowest BCUT2D eigenvalue weighted by molar-refractivity contribution is 0.385. The fourth-order valence-electron chi connectivity index (χ4n) is 2.23. The molecule has 1 heterocycles. The number of nitrogens with two attached hydrogens (primary N) is 1. The second-order valence-electron chi connectivity index (χ2n) is 4.64. The number of hydrogen-bond acceptors (Lipinski definition) is 4. The summed E-state index contributed by atoms with van der Waals surface area (Å²) in [6.07, 6.45) is 9.06. The normalized spacial score (nSPS) is 12.7. The zero-order chi connectivity index (χ0) is 13.4. The molecule has 0 aromatic carbocycles. The molecule has 0 saturated heterocycles. The number of aryl methyl sites for hydroxylation is 1. The Labute approximate surface area is 110 Å². The van der Waals surface area contributed by atoms with Crippen LogP contribution in [0, 0.1) is 0 Å². The molecule has 0 saturated carbocycles. The molecule has 0 aliphatic carbocycles. The highest BCUT2D eigenvalue weighted by Gasteiger charge is 2.18. The number of nitrogens with zero attached hydrogens (tertiary/aromatic N) is 2. The summed E-state index contributed by atoms with van der Waals surface area (Å²) in [5, 5.41) is 4.21. The largest absolute Gasteiger partial charge is 0.493 e. The van der Waals surface area contributed by atoms with E-state index in [0.29, 0.717) is 0 Å². The van der Waals surface area contributed by atoms with Gasteiger partial charge in [-0.2, -0.15) is 5.10 Å². The molecule has 3 N–H and O–H groups in total. The molecule has 0 amide bonds. The Bertz CT molecular complexity index is 338. The van der Waals surface area contributed by atoms with Crippen LogP contribution in [0.5, 0.6) is 5.75 Å². The van der Waals surface area contributed by atoms with Gasteiger partial charge in [0, 0.05) is 7.05 Å². The fraction of sp³-hybridized carbons (Fsp3) is 0.769. The van der Waals surface area contributed by atoms with E-state index < -0.39 is 0 Å². The second kappa shape index (κ2) is 8.11. The summed E-state index contributed by atoms with van der Waals surface area (Å²) in [6, 6.07) is 0.106. The molecule has 0 spiro atoms. The minimum Gasteiger partial charge on any atom is -0.493 e. The van der Waals surface area contributed by atoms with Gasteiger partial charge in [0.05, 0.1) is 25.0 Å². The molecule has 0 aliphatic rings. The van der Waals surface area contributed by atoms with Gasteiger partial charge in [0.1, 0.15) is 0 Å². The minimum absolute atomic E-state index is 0.106. The summed E-state index contributed by atoms with van der Waals surface area (Å²) in [6.45, 7) is 2.23. The van der Waals surface area contributed by atoms with Crippen molar-refractivity contribution < 1.29 is 4.74 Å². The molecule has 5 nitrogen and oxygen atoms in total. The number of hydrogen-bond donors (Lipinski definition) is 2. The molecule has 1 aromatic heterocycles. The zero-order valence-corrected chi connectivity index (χ0v) is 11.8. The van der Waals surface area contributed by atoms with Crippen molar-refractivity contribution in [3.05, 3.63) is 11.9 Å². The molecule has 1 rings (SSSR count). The molecule has 1 unspecified atom stereocenters. The lowest BCUT2D eigenvalue weighted by atomic mass is 10.0. The third-order valence-electron chi connectivity index (χ3n) is 3.30. The van der Waals surface area contributed by atoms with E-state index in [0.717, 1.165) is 17.9 Å². The first-order valence-electron chi connectivity index (χ1n) is 6.76. The monoisotopic (exact) mass is 254 g/mol. The van der Waals surface area contributed by atoms with Crippen molar-refractivity contribution in [2.45, 2.75) is 51.5 Å². The predicted molar refractivity (Wildman–Crippen MR) is 73.2 cm³/mol. The maximum Gasteiger partial charge on any atom is 0.161 e. The molecule has 0 fully saturated rings. The number of unbranched alkanes of at least 4 members (excludes halogenated alkanes) is 4. The highest BCUT2D eigenvalue weighted by atomic mass is 16.5. The van der Waals surface area contributed by atoms with E-state index in [1.807, 2.05) is 11.7 Å². The number of aromatic nitrogens is 2. The lowest BCUT2D eigenvalue weighted by Gasteiger charge is -2.17. The Morgan fingerprint density at radius 2 is 2.11 bits per heavy atom. The van der Waals surface area contributed by atoms with Gasteiger partial charge in [0.25, 0.3) is 0 Å². The molecule has 5 heteroatoms. The molecule has 104 valence electrons. The third kappa shape index (κ3) is 3.99. The van der Waals surface area contributed by atoms with Crippen LogP contribution in [0.25, 0.3) is 0 Å². The summed E-state index contributed by atoms with van der Waals surface area (Å²) < 4.78 is 7.14. The zero-order valence-electron chi connectivity index (χ0n) is 11.8. The van der Waals surface area contributed by atoms with E-state index in [1.165, 1.54) is 32.1 Å². The summed E-state index contributed by atoms with van der Waals surface area (Å²) in [4.78, 5) is 0. The van der Waals surface area contributed by atoms with Crippen LogP contribution >= 0.6 is 0 Å². The summed E-state index contributed by atoms with van der Waals surface area (Å²) in [7, 11) is 3.58. The van der Waals surface area contributed by atoms with Crippen LogP contribution in [-0.2, 0) is 7.05 Å². The first-order chi connectivity index (χ1) is 8.74. The molecular weight excluding hydrogens is 228 g/mol. The maximum absolute atomic E-state index is 5.65. The Hall–Kier alpha value is -1.07. The van der Waals surface area contributed by atoms with Gasteiger partial charge < -0.3 is 4.74 Å². The standard InChI is InChI=1S/C13H26N4O/c1-4-5-6-7-8-9-11(16-14)13-12(18-3)10-15-17(13)2/h10-11,16H,4-9,14H2,1-3H3. The van der Waals surface area contributed by atoms with Gasteiger partial charge in [-0.15, -0.1) is 0 Å². The average Bonchev–Trinajstić information content (AvgIpc) is 2.75. The number of ether oxygens (including phenoxy) is 1. The molecule has 0 radical (unpaired) electrons. The SMILES string of the molecule is CCCCCCCC(NN)c1c(OC)cnn1C. The van der Waals surface area contributed by atoms with Crippen molar-refractivity contribution in [2.75, 3.05) is 7.11 Å². The molecule has 0 bridgehead atoms. The predicted octanol–water partition coefficient (Wildman–Crippen LogP) is 2.29. The van der Waals surface area contributed by atoms with E-state index >= 15 is 0 Å². The van der Waals surface area contributed by atoms with Crippen molar-refractivity contribution in [1.29, 1.82) is 0 Å². The van der Waals surface area contributed by atoms with E-state index in [1.54, 1.807) is 13.3 Å². The van der Waals surface area contributed by atoms with Crippen molar-refractivity contribution in [1.82, 2.24) is 15.2 Å². The first-order valence-corrected chi connectivity index (χ1v) is 6.76. The highest BCUT2D eigenvalue weighted by Crippen LogP contribution is 2.27. The van der Waals surface area contributed by atoms with E-state index in [2.05, 4.69) is 17.4 Å². The number of nitrogens with one attached hydrogen (secondary N) is 1. The Balaban J connectivity index is 2.52. The summed E-state index contributed by atoms with van der Waals surface area (Å²) >= 11 is 0. The van der Waals surface area contributed by atoms with Crippen LogP contribution in [0.1, 0.15) is 57.2 Å². The molecule has 18 heavy (non-hydrogen) atoms. The van der Waals surface area contributed by atoms with Gasteiger partial charge >= 0.3 is 0 Å². The topological polar surface area (TPSA) is 65.1 Å². The molecular formula is C13H26N4O. The second-order valence-corrected chi connectivity index (χ2v) is 4.64. The Morgan fingerprint density at radius 1 is 1.39 bits per heavy atom. The van der Waals surface area contributed by atoms with Crippen LogP contribution in [0.2, 0.25) is 0 Å². The van der Waals surface area contributed by atoms with Gasteiger partial charge in [0.2, 0.25) is 0 Å². The van der Waals surface area contributed by atoms with Crippen molar-refractivity contribution in [3.8, 4) is 5.75 Å². The Morgan fingerprint density at radius 3 is 2.72 bits per heavy atom. The first kappa shape index (κ1) is 15.0. The minimum atomic E-state index is 0.106. The summed E-state index contributed by atoms with van der Waals surface area (Å²) in [5.74, 6) is 6.45. The van der Waals surface area contributed by atoms with Gasteiger partial charge in [-0.25, -0.2) is 0 Å². The smallest absolute Gasteiger partial charge is 0.161 e. The Kier molecular flexibility index (Phi) is 6.75. The van der Waals surface area contributed by atoms with Crippen LogP contribution < -0.4 is 16.0 Å². The average molecular weight is 254 g/mol. The van der Waals surface area contributed by atoms with Gasteiger partial charge in [-0.3, -0.25) is 16.0 Å². The number of rotatable bonds is 9. The fourth-order valence-corrected chi connectivity index (χ4v) is 2.23. The van der Waals surface area contributed by atoms with Gasteiger partial charge in [0.15, 0.2) is 5.75 Å². The summed E-state index contributed by atoms with van der Waals surface area (Å²) in [5.41, 5.74) is 3.89. The molecule has 1 aromatic rings. The van der Waals surface area contributed by atoms with Gasteiger partial charge in [-0.05, 0) is 6.42 Å². The molecule has 1 atom stereocenters. The van der Waals surface area contributed by atoms with E-state index in [9.17, 15) is 0 Å². The van der Waals surface area contributed by atoms with Crippen LogP contribution in [0.4, 0.5) is 0 Å². The lowest BCUT2D eigenvalue weighted by Crippen LogP contribution is -2.29. The van der Waals surface area contributed by atoms with Crippen molar-refractivity contribution >= 4 is 0 Å². The van der Waals surface area contributed by atoms with Gasteiger partial charge in [-0.1, -0.05) is 39.0 Å². The number of hydrazine groups is 1. The third-order valence-corrected chi connectivity index (χ3v) is 3.30. The van der Waals surface area contributed by atoms with Crippen LogP contribution in [-0.4, -0.2) is 16.9 Å². The van der Waals surface area contributed by atoms with Crippen molar-refractivity contribution in [2.24, 2.45) is 12.9 Å². The number of methoxy groups -OCH3 is 1. The van der Waals surface area contributed by atoms with Crippen molar-refractivity contribution in [3.63, 3.8) is 0 Å². The van der Waals surface area contributed by atoms with Crippen LogP contribution in [0.3, 0.4) is 0 Å². The molecule has 0 aliphatic heterocycles. The maximum atomic E-state index is 5.65. The quantitative estimate of drug-likeness (QED) is 0.403. The van der Waals surface area contributed by atoms with E-state index in [-0.39, 0.29) is 6.04 Å². The highest BCUT2D eigenvalue weighted by molar-refractivity contribution is 5.27. The van der Waals surface area contributed by atoms with Crippen LogP contribution in [0.15, 0.2) is 6.20 Å². The van der Waals surface area contributed by atoms with E-state index in [4.69, 9.17) is 10.6 Å².